The van der Waals surface area contributed by atoms with E-state index >= 15 is 0 Å². The molecule has 16 heavy (non-hydrogen) atoms. The van der Waals surface area contributed by atoms with E-state index in [1.54, 1.807) is 6.92 Å². The van der Waals surface area contributed by atoms with Gasteiger partial charge in [-0.2, -0.15) is 0 Å². The van der Waals surface area contributed by atoms with E-state index in [-0.39, 0.29) is 5.91 Å². The molecule has 1 amide bonds. The summed E-state index contributed by atoms with van der Waals surface area (Å²) < 4.78 is 5.52. The van der Waals surface area contributed by atoms with Crippen molar-refractivity contribution < 1.29 is 9.53 Å². The number of carbonyl (C=O) groups excluding carboxylic acids is 1. The predicted molar refractivity (Wildman–Crippen MR) is 64.6 cm³/mol. The van der Waals surface area contributed by atoms with Crippen LogP contribution in [-0.2, 0) is 11.2 Å². The van der Waals surface area contributed by atoms with Crippen LogP contribution in [0, 0.1) is 0 Å². The highest BCUT2D eigenvalue weighted by Gasteiger charge is 2.12. The van der Waals surface area contributed by atoms with Crippen LogP contribution in [0.5, 0.6) is 5.75 Å². The van der Waals surface area contributed by atoms with Gasteiger partial charge < -0.3 is 10.1 Å². The van der Waals surface area contributed by atoms with E-state index in [0.717, 1.165) is 12.2 Å². The Bertz CT molecular complexity index is 332. The fraction of sp³-hybridized carbons (Fsp3) is 0.462. The third-order valence-corrected chi connectivity index (χ3v) is 2.36. The molecular formula is C13H19NO2. The van der Waals surface area contributed by atoms with Crippen molar-refractivity contribution in [1.29, 1.82) is 0 Å². The molecule has 1 aromatic carbocycles. The molecule has 0 saturated heterocycles. The van der Waals surface area contributed by atoms with Gasteiger partial charge in [0, 0.05) is 6.54 Å². The summed E-state index contributed by atoms with van der Waals surface area (Å²) in [6, 6.07) is 7.82. The molecule has 0 spiro atoms. The molecule has 0 aliphatic carbocycles. The van der Waals surface area contributed by atoms with Crippen molar-refractivity contribution in [2.45, 2.75) is 33.3 Å². The van der Waals surface area contributed by atoms with Crippen LogP contribution in [-0.4, -0.2) is 18.6 Å². The summed E-state index contributed by atoms with van der Waals surface area (Å²) in [5.74, 6) is 0.651. The van der Waals surface area contributed by atoms with Crippen molar-refractivity contribution in [2.24, 2.45) is 0 Å². The van der Waals surface area contributed by atoms with Gasteiger partial charge in [-0.3, -0.25) is 4.79 Å². The molecule has 1 N–H and O–H groups in total. The van der Waals surface area contributed by atoms with Gasteiger partial charge in [-0.15, -0.1) is 0 Å². The lowest BCUT2D eigenvalue weighted by Gasteiger charge is -2.14. The Kier molecular flexibility index (Phi) is 4.83. The Morgan fingerprint density at radius 3 is 2.44 bits per heavy atom. The molecule has 3 nitrogen and oxygen atoms in total. The van der Waals surface area contributed by atoms with E-state index in [0.29, 0.717) is 6.54 Å². The normalized spacial score (nSPS) is 11.9. The van der Waals surface area contributed by atoms with E-state index in [1.165, 1.54) is 5.56 Å². The van der Waals surface area contributed by atoms with Crippen molar-refractivity contribution in [3.63, 3.8) is 0 Å². The second-order valence-electron chi connectivity index (χ2n) is 3.65. The van der Waals surface area contributed by atoms with E-state index in [1.807, 2.05) is 31.2 Å². The highest BCUT2D eigenvalue weighted by Crippen LogP contribution is 2.14. The second-order valence-corrected chi connectivity index (χ2v) is 3.65. The third-order valence-electron chi connectivity index (χ3n) is 2.36. The molecule has 0 saturated carbocycles. The zero-order chi connectivity index (χ0) is 12.0. The zero-order valence-corrected chi connectivity index (χ0v) is 10.1. The van der Waals surface area contributed by atoms with E-state index in [2.05, 4.69) is 12.2 Å². The average Bonchev–Trinajstić information content (AvgIpc) is 2.30. The summed E-state index contributed by atoms with van der Waals surface area (Å²) in [6.45, 7) is 6.37. The summed E-state index contributed by atoms with van der Waals surface area (Å²) in [5, 5.41) is 2.72. The van der Waals surface area contributed by atoms with Gasteiger partial charge in [0.25, 0.3) is 5.91 Å². The van der Waals surface area contributed by atoms with Crippen molar-refractivity contribution in [3.05, 3.63) is 29.8 Å². The van der Waals surface area contributed by atoms with Crippen LogP contribution in [0.25, 0.3) is 0 Å². The molecule has 3 heteroatoms. The lowest BCUT2D eigenvalue weighted by Crippen LogP contribution is -2.36. The molecule has 0 aliphatic rings. The number of aryl methyl sites for hydroxylation is 1. The summed E-state index contributed by atoms with van der Waals surface area (Å²) in [6.07, 6.45) is 0.555. The first-order valence-corrected chi connectivity index (χ1v) is 5.70. The average molecular weight is 221 g/mol. The molecule has 0 aliphatic heterocycles. The van der Waals surface area contributed by atoms with E-state index in [9.17, 15) is 4.79 Å². The number of rotatable bonds is 5. The first-order chi connectivity index (χ1) is 7.67. The maximum atomic E-state index is 11.4. The zero-order valence-electron chi connectivity index (χ0n) is 10.1. The van der Waals surface area contributed by atoms with Gasteiger partial charge in [-0.05, 0) is 38.0 Å². The fourth-order valence-electron chi connectivity index (χ4n) is 1.38. The Labute approximate surface area is 96.8 Å². The van der Waals surface area contributed by atoms with Gasteiger partial charge in [0.2, 0.25) is 0 Å². The van der Waals surface area contributed by atoms with E-state index in [4.69, 9.17) is 4.74 Å². The molecule has 0 aromatic heterocycles. The first-order valence-electron chi connectivity index (χ1n) is 5.70. The van der Waals surface area contributed by atoms with Crippen molar-refractivity contribution in [3.8, 4) is 5.75 Å². The van der Waals surface area contributed by atoms with Gasteiger partial charge in [0.1, 0.15) is 5.75 Å². The standard InChI is InChI=1S/C13H19NO2/c1-4-11-6-8-12(9-7-11)16-10(3)13(15)14-5-2/h6-10H,4-5H2,1-3H3,(H,14,15). The van der Waals surface area contributed by atoms with Crippen LogP contribution in [0.2, 0.25) is 0 Å². The summed E-state index contributed by atoms with van der Waals surface area (Å²) >= 11 is 0. The van der Waals surface area contributed by atoms with Crippen LogP contribution >= 0.6 is 0 Å². The highest BCUT2D eigenvalue weighted by atomic mass is 16.5. The molecule has 0 fully saturated rings. The van der Waals surface area contributed by atoms with Gasteiger partial charge >= 0.3 is 0 Å². The molecule has 1 aromatic rings. The molecule has 0 heterocycles. The molecule has 1 atom stereocenters. The maximum absolute atomic E-state index is 11.4. The molecule has 1 rings (SSSR count). The number of carbonyl (C=O) groups is 1. The maximum Gasteiger partial charge on any atom is 0.260 e. The number of hydrogen-bond acceptors (Lipinski definition) is 2. The summed E-state index contributed by atoms with van der Waals surface area (Å²) in [7, 11) is 0. The fourth-order valence-corrected chi connectivity index (χ4v) is 1.38. The second kappa shape index (κ2) is 6.16. The van der Waals surface area contributed by atoms with Crippen LogP contribution in [0.1, 0.15) is 26.3 Å². The quantitative estimate of drug-likeness (QED) is 0.827. The minimum absolute atomic E-state index is 0.0814. The molecule has 0 radical (unpaired) electrons. The minimum atomic E-state index is -0.451. The number of amides is 1. The lowest BCUT2D eigenvalue weighted by molar-refractivity contribution is -0.127. The van der Waals surface area contributed by atoms with Crippen LogP contribution < -0.4 is 10.1 Å². The lowest BCUT2D eigenvalue weighted by atomic mass is 10.2. The first kappa shape index (κ1) is 12.6. The minimum Gasteiger partial charge on any atom is -0.481 e. The Morgan fingerprint density at radius 1 is 1.31 bits per heavy atom. The van der Waals surface area contributed by atoms with Crippen LogP contribution in [0.3, 0.4) is 0 Å². The topological polar surface area (TPSA) is 38.3 Å². The summed E-state index contributed by atoms with van der Waals surface area (Å²) in [4.78, 5) is 11.4. The number of benzene rings is 1. The molecule has 0 bridgehead atoms. The summed E-state index contributed by atoms with van der Waals surface area (Å²) in [5.41, 5.74) is 1.26. The SMILES string of the molecule is CCNC(=O)C(C)Oc1ccc(CC)cc1. The Hall–Kier alpha value is -1.51. The van der Waals surface area contributed by atoms with Crippen molar-refractivity contribution >= 4 is 5.91 Å². The van der Waals surface area contributed by atoms with Gasteiger partial charge in [0.15, 0.2) is 6.10 Å². The third kappa shape index (κ3) is 3.57. The Morgan fingerprint density at radius 2 is 1.94 bits per heavy atom. The van der Waals surface area contributed by atoms with E-state index < -0.39 is 6.10 Å². The van der Waals surface area contributed by atoms with Crippen molar-refractivity contribution in [2.75, 3.05) is 6.54 Å². The molecule has 1 unspecified atom stereocenters. The predicted octanol–water partition coefficient (Wildman–Crippen LogP) is 2.15. The number of hydrogen-bond donors (Lipinski definition) is 1. The van der Waals surface area contributed by atoms with Crippen LogP contribution in [0.4, 0.5) is 0 Å². The molecular weight excluding hydrogens is 202 g/mol. The van der Waals surface area contributed by atoms with Crippen molar-refractivity contribution in [1.82, 2.24) is 5.32 Å². The van der Waals surface area contributed by atoms with Crippen LogP contribution in [0.15, 0.2) is 24.3 Å². The van der Waals surface area contributed by atoms with Gasteiger partial charge in [-0.25, -0.2) is 0 Å². The smallest absolute Gasteiger partial charge is 0.260 e. The monoisotopic (exact) mass is 221 g/mol. The number of ether oxygens (including phenoxy) is 1. The highest BCUT2D eigenvalue weighted by molar-refractivity contribution is 5.80. The largest absolute Gasteiger partial charge is 0.481 e. The van der Waals surface area contributed by atoms with Gasteiger partial charge in [0.05, 0.1) is 0 Å². The number of nitrogens with one attached hydrogen (secondary N) is 1. The van der Waals surface area contributed by atoms with Gasteiger partial charge in [-0.1, -0.05) is 19.1 Å². The Balaban J connectivity index is 2.55. The molecule has 88 valence electrons. The number of likely N-dealkylation sites (N-methyl/N-ethyl adjacent to an activating group) is 1.